The summed E-state index contributed by atoms with van der Waals surface area (Å²) in [4.78, 5) is 0. The van der Waals surface area contributed by atoms with Gasteiger partial charge in [-0.3, -0.25) is 4.57 Å². The fraction of sp³-hybridized carbons (Fsp3) is 1.00. The number of nitrogens with zero attached hydrogens (tertiary/aromatic N) is 2. The standard InChI is InChI=1S/C7H18BN2O3PS/c1-9(2)14(12,5-15)10-3-6(8)13-7(11)4-10/h6-7,11,15H,3-5,8H2,1-2H3. The third-order valence-electron chi connectivity index (χ3n) is 2.48. The number of aliphatic hydroxyl groups excluding tert-OH is 1. The van der Waals surface area contributed by atoms with E-state index in [0.717, 1.165) is 0 Å². The maximum Gasteiger partial charge on any atom is 0.225 e. The number of hydrogen-bond donors (Lipinski definition) is 2. The molecule has 0 amide bonds. The van der Waals surface area contributed by atoms with E-state index in [1.165, 1.54) is 0 Å². The minimum absolute atomic E-state index is 0.109. The van der Waals surface area contributed by atoms with Crippen molar-refractivity contribution < 1.29 is 14.4 Å². The van der Waals surface area contributed by atoms with Crippen molar-refractivity contribution in [2.45, 2.75) is 12.3 Å². The van der Waals surface area contributed by atoms with Gasteiger partial charge in [0.2, 0.25) is 7.44 Å². The Labute approximate surface area is 97.1 Å². The number of thiol groups is 1. The molecular formula is C7H18BN2O3PS. The SMILES string of the molecule is BC1CN(P(=O)(CS)N(C)C)CC(O)O1. The Balaban J connectivity index is 2.81. The molecule has 1 aliphatic heterocycles. The second-order valence-electron chi connectivity index (χ2n) is 3.93. The number of rotatable bonds is 3. The molecule has 0 aromatic rings. The molecular weight excluding hydrogens is 234 g/mol. The summed E-state index contributed by atoms with van der Waals surface area (Å²) >= 11 is 4.14. The van der Waals surface area contributed by atoms with Crippen LogP contribution in [0.25, 0.3) is 0 Å². The van der Waals surface area contributed by atoms with Gasteiger partial charge >= 0.3 is 0 Å². The lowest BCUT2D eigenvalue weighted by molar-refractivity contribution is -0.146. The lowest BCUT2D eigenvalue weighted by atomic mass is 9.99. The summed E-state index contributed by atoms with van der Waals surface area (Å²) in [5, 5.41) is 9.46. The van der Waals surface area contributed by atoms with Crippen molar-refractivity contribution in [3.05, 3.63) is 0 Å². The highest BCUT2D eigenvalue weighted by molar-refractivity contribution is 7.89. The van der Waals surface area contributed by atoms with Crippen molar-refractivity contribution >= 4 is 27.9 Å². The summed E-state index contributed by atoms with van der Waals surface area (Å²) in [6.45, 7) is 0.841. The fourth-order valence-corrected chi connectivity index (χ4v) is 4.74. The molecule has 0 aromatic carbocycles. The summed E-state index contributed by atoms with van der Waals surface area (Å²) in [7, 11) is 2.76. The first-order chi connectivity index (χ1) is 6.90. The van der Waals surface area contributed by atoms with Gasteiger partial charge in [0.1, 0.15) is 7.85 Å². The van der Waals surface area contributed by atoms with Crippen molar-refractivity contribution in [2.75, 3.05) is 32.7 Å². The van der Waals surface area contributed by atoms with Crippen LogP contribution in [0.1, 0.15) is 0 Å². The highest BCUT2D eigenvalue weighted by Gasteiger charge is 2.37. The van der Waals surface area contributed by atoms with E-state index in [9.17, 15) is 9.67 Å². The van der Waals surface area contributed by atoms with Gasteiger partial charge in [0.05, 0.1) is 12.0 Å². The molecule has 0 spiro atoms. The molecule has 5 nitrogen and oxygen atoms in total. The zero-order valence-corrected chi connectivity index (χ0v) is 11.1. The summed E-state index contributed by atoms with van der Waals surface area (Å²) < 4.78 is 21.2. The van der Waals surface area contributed by atoms with E-state index in [1.807, 2.05) is 7.85 Å². The number of ether oxygens (including phenoxy) is 1. The van der Waals surface area contributed by atoms with Crippen LogP contribution in [0.3, 0.4) is 0 Å². The van der Waals surface area contributed by atoms with Crippen LogP contribution in [-0.4, -0.2) is 67.3 Å². The largest absolute Gasteiger partial charge is 0.367 e. The lowest BCUT2D eigenvalue weighted by Crippen LogP contribution is -2.47. The Bertz CT molecular complexity index is 259. The summed E-state index contributed by atoms with van der Waals surface area (Å²) in [5.74, 6) is 0. The highest BCUT2D eigenvalue weighted by Crippen LogP contribution is 2.52. The first-order valence-corrected chi connectivity index (χ1v) is 7.30. The van der Waals surface area contributed by atoms with Crippen LogP contribution in [0.2, 0.25) is 0 Å². The fourth-order valence-electron chi connectivity index (χ4n) is 1.63. The van der Waals surface area contributed by atoms with Crippen LogP contribution in [0.15, 0.2) is 0 Å². The third kappa shape index (κ3) is 2.99. The monoisotopic (exact) mass is 252 g/mol. The van der Waals surface area contributed by atoms with Gasteiger partial charge in [0.15, 0.2) is 6.29 Å². The average Bonchev–Trinajstić information content (AvgIpc) is 2.14. The molecule has 3 atom stereocenters. The molecule has 1 saturated heterocycles. The molecule has 1 rings (SSSR count). The smallest absolute Gasteiger partial charge is 0.225 e. The summed E-state index contributed by atoms with van der Waals surface area (Å²) in [6, 6.07) is -0.109. The minimum atomic E-state index is -2.63. The van der Waals surface area contributed by atoms with Crippen molar-refractivity contribution in [1.82, 2.24) is 9.34 Å². The molecule has 0 bridgehead atoms. The molecule has 1 N–H and O–H groups in total. The Morgan fingerprint density at radius 3 is 2.67 bits per heavy atom. The highest BCUT2D eigenvalue weighted by atomic mass is 32.1. The van der Waals surface area contributed by atoms with Gasteiger partial charge < -0.3 is 9.84 Å². The first-order valence-electron chi connectivity index (χ1n) is 4.87. The zero-order valence-electron chi connectivity index (χ0n) is 9.33. The van der Waals surface area contributed by atoms with Crippen LogP contribution >= 0.6 is 20.1 Å². The van der Waals surface area contributed by atoms with Gasteiger partial charge in [-0.15, -0.1) is 0 Å². The van der Waals surface area contributed by atoms with Gasteiger partial charge in [-0.05, 0) is 14.1 Å². The van der Waals surface area contributed by atoms with Crippen molar-refractivity contribution in [1.29, 1.82) is 0 Å². The normalized spacial score (nSPS) is 32.9. The van der Waals surface area contributed by atoms with Gasteiger partial charge in [0.25, 0.3) is 0 Å². The topological polar surface area (TPSA) is 53.0 Å². The van der Waals surface area contributed by atoms with E-state index in [0.29, 0.717) is 6.54 Å². The molecule has 0 aliphatic carbocycles. The number of β-amino-alcohol motifs (C(OH)–C–C–N with tert-alkyl or cyclic N) is 1. The number of hydrogen-bond acceptors (Lipinski definition) is 4. The number of aliphatic hydroxyl groups is 1. The van der Waals surface area contributed by atoms with Crippen LogP contribution < -0.4 is 0 Å². The zero-order chi connectivity index (χ0) is 11.6. The van der Waals surface area contributed by atoms with Crippen molar-refractivity contribution in [3.63, 3.8) is 0 Å². The van der Waals surface area contributed by atoms with E-state index < -0.39 is 13.7 Å². The second kappa shape index (κ2) is 5.21. The van der Waals surface area contributed by atoms with Gasteiger partial charge in [-0.25, -0.2) is 9.34 Å². The second-order valence-corrected chi connectivity index (χ2v) is 7.75. The summed E-state index contributed by atoms with van der Waals surface area (Å²) in [5.41, 5.74) is 0.277. The molecule has 1 aliphatic rings. The molecule has 1 heterocycles. The minimum Gasteiger partial charge on any atom is -0.367 e. The molecule has 15 heavy (non-hydrogen) atoms. The van der Waals surface area contributed by atoms with Crippen molar-refractivity contribution in [3.8, 4) is 0 Å². The molecule has 0 saturated carbocycles. The Morgan fingerprint density at radius 2 is 2.27 bits per heavy atom. The third-order valence-corrected chi connectivity index (χ3v) is 6.41. The molecule has 1 fully saturated rings. The first kappa shape index (κ1) is 13.5. The Hall–Kier alpha value is 0.485. The summed E-state index contributed by atoms with van der Waals surface area (Å²) in [6.07, 6.45) is -0.859. The quantitative estimate of drug-likeness (QED) is 0.393. The Kier molecular flexibility index (Phi) is 4.71. The van der Waals surface area contributed by atoms with E-state index >= 15 is 0 Å². The van der Waals surface area contributed by atoms with Gasteiger partial charge in [-0.1, -0.05) is 0 Å². The predicted octanol–water partition coefficient (Wildman–Crippen LogP) is -0.762. The Morgan fingerprint density at radius 1 is 1.67 bits per heavy atom. The van der Waals surface area contributed by atoms with Crippen LogP contribution in [0.5, 0.6) is 0 Å². The molecule has 8 heteroatoms. The number of morpholine rings is 1. The van der Waals surface area contributed by atoms with Crippen LogP contribution in [0, 0.1) is 0 Å². The maximum absolute atomic E-state index is 12.5. The van der Waals surface area contributed by atoms with E-state index in [1.54, 1.807) is 23.4 Å². The van der Waals surface area contributed by atoms with E-state index in [4.69, 9.17) is 4.74 Å². The maximum atomic E-state index is 12.5. The van der Waals surface area contributed by atoms with E-state index in [2.05, 4.69) is 12.6 Å². The average molecular weight is 252 g/mol. The van der Waals surface area contributed by atoms with Crippen LogP contribution in [0.4, 0.5) is 0 Å². The molecule has 3 unspecified atom stereocenters. The van der Waals surface area contributed by atoms with Gasteiger partial charge in [-0.2, -0.15) is 12.6 Å². The lowest BCUT2D eigenvalue weighted by Gasteiger charge is -2.41. The molecule has 0 radical (unpaired) electrons. The molecule has 88 valence electrons. The van der Waals surface area contributed by atoms with Crippen molar-refractivity contribution in [2.24, 2.45) is 0 Å². The van der Waals surface area contributed by atoms with E-state index in [-0.39, 0.29) is 18.0 Å². The van der Waals surface area contributed by atoms with Crippen LogP contribution in [-0.2, 0) is 9.30 Å². The predicted molar refractivity (Wildman–Crippen MR) is 66.1 cm³/mol. The molecule has 0 aromatic heterocycles. The van der Waals surface area contributed by atoms with Gasteiger partial charge in [0, 0.05) is 12.5 Å².